The first kappa shape index (κ1) is 20.1. The molecule has 8 heteroatoms. The van der Waals surface area contributed by atoms with Crippen LogP contribution in [0.2, 0.25) is 0 Å². The third-order valence-corrected chi connectivity index (χ3v) is 5.20. The number of aryl methyl sites for hydroxylation is 1. The molecule has 1 fully saturated rings. The number of carbonyl (C=O) groups is 1. The lowest BCUT2D eigenvalue weighted by Gasteiger charge is -2.26. The zero-order valence-electron chi connectivity index (χ0n) is 16.8. The van der Waals surface area contributed by atoms with Gasteiger partial charge < -0.3 is 19.0 Å². The van der Waals surface area contributed by atoms with Crippen molar-refractivity contribution in [2.24, 2.45) is 0 Å². The largest absolute Gasteiger partial charge is 0.444 e. The molecule has 1 N–H and O–H groups in total. The normalized spacial score (nSPS) is 14.6. The third kappa shape index (κ3) is 4.50. The van der Waals surface area contributed by atoms with Crippen molar-refractivity contribution in [2.75, 3.05) is 38.2 Å². The first-order valence-corrected chi connectivity index (χ1v) is 9.92. The van der Waals surface area contributed by atoms with E-state index >= 15 is 0 Å². The highest BCUT2D eigenvalue weighted by Crippen LogP contribution is 2.22. The number of rotatable bonds is 6. The van der Waals surface area contributed by atoms with Gasteiger partial charge in [-0.15, -0.1) is 0 Å². The molecule has 8 nitrogen and oxygen atoms in total. The minimum absolute atomic E-state index is 0.157. The number of amides is 1. The minimum Gasteiger partial charge on any atom is -0.444 e. The molecule has 0 bridgehead atoms. The summed E-state index contributed by atoms with van der Waals surface area (Å²) in [4.78, 5) is 32.1. The Hall–Kier alpha value is -3.23. The predicted molar refractivity (Wildman–Crippen MR) is 113 cm³/mol. The Kier molecular flexibility index (Phi) is 6.06. The molecule has 2 aromatic heterocycles. The highest BCUT2D eigenvalue weighted by Gasteiger charge is 2.17. The number of hydrogen-bond donors (Lipinski definition) is 1. The molecule has 1 amide bonds. The van der Waals surface area contributed by atoms with Crippen LogP contribution in [0.3, 0.4) is 0 Å². The number of hydrogen-bond acceptors (Lipinski definition) is 6. The summed E-state index contributed by atoms with van der Waals surface area (Å²) in [6, 6.07) is 9.04. The highest BCUT2D eigenvalue weighted by molar-refractivity contribution is 6.05. The van der Waals surface area contributed by atoms with E-state index in [-0.39, 0.29) is 11.1 Å². The quantitative estimate of drug-likeness (QED) is 0.674. The summed E-state index contributed by atoms with van der Waals surface area (Å²) in [6.45, 7) is 6.18. The van der Waals surface area contributed by atoms with Crippen LogP contribution in [0.4, 0.5) is 5.69 Å². The summed E-state index contributed by atoms with van der Waals surface area (Å²) in [6.07, 6.45) is 4.71. The van der Waals surface area contributed by atoms with E-state index in [0.29, 0.717) is 36.8 Å². The van der Waals surface area contributed by atoms with Gasteiger partial charge in [-0.3, -0.25) is 14.5 Å². The Bertz CT molecular complexity index is 1070. The molecule has 156 valence electrons. The van der Waals surface area contributed by atoms with E-state index in [4.69, 9.17) is 9.15 Å². The van der Waals surface area contributed by atoms with Crippen LogP contribution >= 0.6 is 0 Å². The Morgan fingerprint density at radius 2 is 2.03 bits per heavy atom. The standard InChI is InChI=1S/C22H24N4O4/c1-16-5-6-26(8-7-25-9-11-29-12-10-25)22(28)20(16)21(27)24-18-4-2-3-17(13-18)19-14-23-15-30-19/h2-6,13-15H,7-12H2,1H3,(H,24,27). The first-order chi connectivity index (χ1) is 14.6. The van der Waals surface area contributed by atoms with Crippen molar-refractivity contribution in [2.45, 2.75) is 13.5 Å². The minimum atomic E-state index is -0.423. The van der Waals surface area contributed by atoms with Crippen molar-refractivity contribution in [3.8, 4) is 11.3 Å². The fourth-order valence-corrected chi connectivity index (χ4v) is 3.49. The molecule has 0 atom stereocenters. The Morgan fingerprint density at radius 1 is 1.20 bits per heavy atom. The second-order valence-corrected chi connectivity index (χ2v) is 7.23. The van der Waals surface area contributed by atoms with Gasteiger partial charge in [0, 0.05) is 43.6 Å². The van der Waals surface area contributed by atoms with E-state index < -0.39 is 5.91 Å². The topological polar surface area (TPSA) is 89.6 Å². The molecule has 0 saturated carbocycles. The van der Waals surface area contributed by atoms with E-state index in [0.717, 1.165) is 25.2 Å². The van der Waals surface area contributed by atoms with Crippen LogP contribution in [0.1, 0.15) is 15.9 Å². The Labute approximate surface area is 174 Å². The molecule has 0 radical (unpaired) electrons. The zero-order valence-corrected chi connectivity index (χ0v) is 16.8. The van der Waals surface area contributed by atoms with E-state index in [1.165, 1.54) is 6.39 Å². The summed E-state index contributed by atoms with van der Waals surface area (Å²) in [5, 5.41) is 2.83. The zero-order chi connectivity index (χ0) is 20.9. The van der Waals surface area contributed by atoms with Gasteiger partial charge in [0.1, 0.15) is 5.56 Å². The van der Waals surface area contributed by atoms with Gasteiger partial charge in [-0.05, 0) is 30.7 Å². The summed E-state index contributed by atoms with van der Waals surface area (Å²) in [5.41, 5.74) is 1.89. The number of benzene rings is 1. The van der Waals surface area contributed by atoms with Gasteiger partial charge in [0.2, 0.25) is 0 Å². The maximum atomic E-state index is 13.0. The number of aromatic nitrogens is 2. The molecule has 1 saturated heterocycles. The molecule has 4 rings (SSSR count). The van der Waals surface area contributed by atoms with Gasteiger partial charge in [0.15, 0.2) is 12.2 Å². The Balaban J connectivity index is 1.51. The number of anilines is 1. The number of ether oxygens (including phenoxy) is 1. The third-order valence-electron chi connectivity index (χ3n) is 5.20. The maximum absolute atomic E-state index is 13.0. The summed E-state index contributed by atoms with van der Waals surface area (Å²) < 4.78 is 12.3. The first-order valence-electron chi connectivity index (χ1n) is 9.92. The monoisotopic (exact) mass is 408 g/mol. The molecule has 0 aliphatic carbocycles. The van der Waals surface area contributed by atoms with Gasteiger partial charge in [-0.2, -0.15) is 0 Å². The molecule has 0 spiro atoms. The van der Waals surface area contributed by atoms with E-state index in [1.54, 1.807) is 42.1 Å². The molecule has 3 aromatic rings. The van der Waals surface area contributed by atoms with Gasteiger partial charge in [0.05, 0.1) is 19.4 Å². The molecular weight excluding hydrogens is 384 g/mol. The summed E-state index contributed by atoms with van der Waals surface area (Å²) in [7, 11) is 0. The Morgan fingerprint density at radius 3 is 2.80 bits per heavy atom. The second-order valence-electron chi connectivity index (χ2n) is 7.23. The average Bonchev–Trinajstić information content (AvgIpc) is 3.29. The van der Waals surface area contributed by atoms with Crippen molar-refractivity contribution in [3.05, 3.63) is 70.6 Å². The lowest BCUT2D eigenvalue weighted by atomic mass is 10.1. The fraction of sp³-hybridized carbons (Fsp3) is 0.318. The summed E-state index contributed by atoms with van der Waals surface area (Å²) >= 11 is 0. The lowest BCUT2D eigenvalue weighted by molar-refractivity contribution is 0.0363. The predicted octanol–water partition coefficient (Wildman–Crippen LogP) is 2.40. The van der Waals surface area contributed by atoms with Crippen molar-refractivity contribution in [1.82, 2.24) is 14.5 Å². The molecular formula is C22H24N4O4. The van der Waals surface area contributed by atoms with Crippen molar-refractivity contribution in [3.63, 3.8) is 0 Å². The van der Waals surface area contributed by atoms with Crippen LogP contribution < -0.4 is 10.9 Å². The summed E-state index contributed by atoms with van der Waals surface area (Å²) in [5.74, 6) is 0.181. The molecule has 1 aromatic carbocycles. The lowest BCUT2D eigenvalue weighted by Crippen LogP contribution is -2.40. The van der Waals surface area contributed by atoms with Crippen LogP contribution in [0.25, 0.3) is 11.3 Å². The van der Waals surface area contributed by atoms with Crippen molar-refractivity contribution in [1.29, 1.82) is 0 Å². The van der Waals surface area contributed by atoms with Crippen LogP contribution in [0, 0.1) is 6.92 Å². The van der Waals surface area contributed by atoms with Gasteiger partial charge in [-0.1, -0.05) is 12.1 Å². The number of carbonyl (C=O) groups excluding carboxylic acids is 1. The smallest absolute Gasteiger partial charge is 0.263 e. The van der Waals surface area contributed by atoms with Crippen LogP contribution in [-0.2, 0) is 11.3 Å². The SMILES string of the molecule is Cc1ccn(CCN2CCOCC2)c(=O)c1C(=O)Nc1cccc(-c2cnco2)c1. The van der Waals surface area contributed by atoms with Gasteiger partial charge in [-0.25, -0.2) is 4.98 Å². The second kappa shape index (κ2) is 9.06. The van der Waals surface area contributed by atoms with E-state index in [9.17, 15) is 9.59 Å². The average molecular weight is 408 g/mol. The molecule has 3 heterocycles. The van der Waals surface area contributed by atoms with E-state index in [2.05, 4.69) is 15.2 Å². The van der Waals surface area contributed by atoms with Crippen molar-refractivity contribution < 1.29 is 13.9 Å². The molecule has 1 aliphatic heterocycles. The number of nitrogens with zero attached hydrogens (tertiary/aromatic N) is 3. The molecule has 1 aliphatic rings. The number of morpholine rings is 1. The van der Waals surface area contributed by atoms with Crippen LogP contribution in [0.15, 0.2) is 58.3 Å². The highest BCUT2D eigenvalue weighted by atomic mass is 16.5. The van der Waals surface area contributed by atoms with Crippen LogP contribution in [-0.4, -0.2) is 53.2 Å². The number of nitrogens with one attached hydrogen (secondary N) is 1. The van der Waals surface area contributed by atoms with Crippen molar-refractivity contribution >= 4 is 11.6 Å². The van der Waals surface area contributed by atoms with E-state index in [1.807, 2.05) is 12.1 Å². The number of pyridine rings is 1. The van der Waals surface area contributed by atoms with Gasteiger partial charge in [0.25, 0.3) is 11.5 Å². The van der Waals surface area contributed by atoms with Gasteiger partial charge >= 0.3 is 0 Å². The fourth-order valence-electron chi connectivity index (χ4n) is 3.49. The van der Waals surface area contributed by atoms with Crippen LogP contribution in [0.5, 0.6) is 0 Å². The molecule has 0 unspecified atom stereocenters. The molecule has 30 heavy (non-hydrogen) atoms. The maximum Gasteiger partial charge on any atom is 0.263 e. The number of oxazole rings is 1.